The van der Waals surface area contributed by atoms with E-state index in [1.54, 1.807) is 0 Å². The molecule has 25 heavy (non-hydrogen) atoms. The molecule has 1 aliphatic heterocycles. The van der Waals surface area contributed by atoms with E-state index in [1.165, 1.54) is 0 Å². The zero-order valence-electron chi connectivity index (χ0n) is 15.4. The van der Waals surface area contributed by atoms with Crippen LogP contribution in [0.1, 0.15) is 38.8 Å². The standard InChI is InChI=1S/C19H29NO5/c1-19(2,3)25-18(22)14-24-16-6-4-5-15(13-16)17(7-10-21)20-8-11-23-12-9-20/h4-6,13,17,21H,7-12,14H2,1-3H3. The Bertz CT molecular complexity index is 549. The highest BCUT2D eigenvalue weighted by Crippen LogP contribution is 2.27. The molecule has 1 unspecified atom stereocenters. The molecule has 1 saturated heterocycles. The van der Waals surface area contributed by atoms with Crippen LogP contribution in [0.2, 0.25) is 0 Å². The average Bonchev–Trinajstić information content (AvgIpc) is 2.57. The summed E-state index contributed by atoms with van der Waals surface area (Å²) < 4.78 is 16.3. The second kappa shape index (κ2) is 9.17. The van der Waals surface area contributed by atoms with Crippen LogP contribution in [0.3, 0.4) is 0 Å². The van der Waals surface area contributed by atoms with Crippen molar-refractivity contribution in [2.45, 2.75) is 38.8 Å². The van der Waals surface area contributed by atoms with Gasteiger partial charge in [0.15, 0.2) is 6.61 Å². The van der Waals surface area contributed by atoms with Gasteiger partial charge >= 0.3 is 5.97 Å². The number of hydrogen-bond donors (Lipinski definition) is 1. The van der Waals surface area contributed by atoms with Crippen molar-refractivity contribution >= 4 is 5.97 Å². The molecule has 0 aromatic heterocycles. The second-order valence-corrected chi connectivity index (χ2v) is 7.12. The Kier molecular flexibility index (Phi) is 7.23. The molecule has 140 valence electrons. The number of hydrogen-bond acceptors (Lipinski definition) is 6. The number of nitrogens with zero attached hydrogens (tertiary/aromatic N) is 1. The first-order valence-corrected chi connectivity index (χ1v) is 8.76. The molecule has 6 heteroatoms. The van der Waals surface area contributed by atoms with Crippen LogP contribution < -0.4 is 4.74 Å². The Morgan fingerprint density at radius 2 is 2.04 bits per heavy atom. The number of esters is 1. The fraction of sp³-hybridized carbons (Fsp3) is 0.632. The van der Waals surface area contributed by atoms with Crippen molar-refractivity contribution in [1.82, 2.24) is 4.90 Å². The number of aliphatic hydroxyl groups excluding tert-OH is 1. The summed E-state index contributed by atoms with van der Waals surface area (Å²) in [5, 5.41) is 9.43. The third-order valence-electron chi connectivity index (χ3n) is 3.91. The van der Waals surface area contributed by atoms with Gasteiger partial charge in [-0.2, -0.15) is 0 Å². The first-order chi connectivity index (χ1) is 11.9. The lowest BCUT2D eigenvalue weighted by atomic mass is 10.0. The monoisotopic (exact) mass is 351 g/mol. The third-order valence-corrected chi connectivity index (χ3v) is 3.91. The number of aliphatic hydroxyl groups is 1. The number of ether oxygens (including phenoxy) is 3. The molecule has 0 aliphatic carbocycles. The SMILES string of the molecule is CC(C)(C)OC(=O)COc1cccc(C(CCO)N2CCOCC2)c1. The molecule has 0 spiro atoms. The molecule has 0 radical (unpaired) electrons. The van der Waals surface area contributed by atoms with Gasteiger partial charge in [-0.05, 0) is 44.9 Å². The van der Waals surface area contributed by atoms with Crippen LogP contribution in [0.5, 0.6) is 5.75 Å². The van der Waals surface area contributed by atoms with Gasteiger partial charge in [-0.3, -0.25) is 4.90 Å². The van der Waals surface area contributed by atoms with E-state index in [2.05, 4.69) is 4.90 Å². The Morgan fingerprint density at radius 3 is 2.68 bits per heavy atom. The van der Waals surface area contributed by atoms with E-state index in [-0.39, 0.29) is 19.3 Å². The molecule has 6 nitrogen and oxygen atoms in total. The average molecular weight is 351 g/mol. The van der Waals surface area contributed by atoms with Gasteiger partial charge in [0.2, 0.25) is 0 Å². The van der Waals surface area contributed by atoms with E-state index >= 15 is 0 Å². The predicted molar refractivity (Wildman–Crippen MR) is 94.6 cm³/mol. The molecule has 1 aliphatic rings. The second-order valence-electron chi connectivity index (χ2n) is 7.12. The number of morpholine rings is 1. The molecular weight excluding hydrogens is 322 g/mol. The van der Waals surface area contributed by atoms with Gasteiger partial charge in [-0.25, -0.2) is 4.79 Å². The fourth-order valence-corrected chi connectivity index (χ4v) is 2.90. The van der Waals surface area contributed by atoms with E-state index < -0.39 is 11.6 Å². The summed E-state index contributed by atoms with van der Waals surface area (Å²) >= 11 is 0. The molecule has 0 saturated carbocycles. The number of rotatable bonds is 7. The van der Waals surface area contributed by atoms with Crippen molar-refractivity contribution in [2.75, 3.05) is 39.5 Å². The summed E-state index contributed by atoms with van der Waals surface area (Å²) in [4.78, 5) is 14.1. The van der Waals surface area contributed by atoms with Gasteiger partial charge in [0, 0.05) is 25.7 Å². The summed E-state index contributed by atoms with van der Waals surface area (Å²) in [5.74, 6) is 0.234. The molecule has 0 bridgehead atoms. The first kappa shape index (κ1) is 19.7. The topological polar surface area (TPSA) is 68.2 Å². The molecule has 0 amide bonds. The summed E-state index contributed by atoms with van der Waals surface area (Å²) in [6.45, 7) is 8.57. The third kappa shape index (κ3) is 6.65. The molecule has 1 atom stereocenters. The predicted octanol–water partition coefficient (Wildman–Crippen LogP) is 2.16. The lowest BCUT2D eigenvalue weighted by Gasteiger charge is -2.34. The molecule has 1 fully saturated rings. The summed E-state index contributed by atoms with van der Waals surface area (Å²) in [6, 6.07) is 7.79. The normalized spacial score (nSPS) is 17.1. The van der Waals surface area contributed by atoms with Crippen LogP contribution in [0.15, 0.2) is 24.3 Å². The number of carbonyl (C=O) groups excluding carboxylic acids is 1. The Labute approximate surface area is 149 Å². The first-order valence-electron chi connectivity index (χ1n) is 8.76. The Balaban J connectivity index is 2.01. The zero-order valence-corrected chi connectivity index (χ0v) is 15.4. The minimum atomic E-state index is -0.523. The molecule has 1 aromatic carbocycles. The highest BCUT2D eigenvalue weighted by Gasteiger charge is 2.23. The number of carbonyl (C=O) groups is 1. The lowest BCUT2D eigenvalue weighted by Crippen LogP contribution is -2.39. The zero-order chi connectivity index (χ0) is 18.3. The maximum Gasteiger partial charge on any atom is 0.344 e. The quantitative estimate of drug-likeness (QED) is 0.760. The van der Waals surface area contributed by atoms with E-state index in [0.717, 1.165) is 18.7 Å². The molecule has 1 heterocycles. The minimum absolute atomic E-state index is 0.110. The van der Waals surface area contributed by atoms with Crippen molar-refractivity contribution < 1.29 is 24.1 Å². The van der Waals surface area contributed by atoms with Gasteiger partial charge in [0.05, 0.1) is 13.2 Å². The highest BCUT2D eigenvalue weighted by atomic mass is 16.6. The molecule has 1 aromatic rings. The van der Waals surface area contributed by atoms with Gasteiger partial charge < -0.3 is 19.3 Å². The van der Waals surface area contributed by atoms with E-state index in [4.69, 9.17) is 14.2 Å². The largest absolute Gasteiger partial charge is 0.482 e. The molecule has 1 N–H and O–H groups in total. The minimum Gasteiger partial charge on any atom is -0.482 e. The van der Waals surface area contributed by atoms with Crippen LogP contribution in [-0.2, 0) is 14.3 Å². The van der Waals surface area contributed by atoms with Crippen LogP contribution in [0.25, 0.3) is 0 Å². The van der Waals surface area contributed by atoms with Crippen molar-refractivity contribution in [3.8, 4) is 5.75 Å². The van der Waals surface area contributed by atoms with Gasteiger partial charge in [0.25, 0.3) is 0 Å². The van der Waals surface area contributed by atoms with Gasteiger partial charge in [-0.1, -0.05) is 12.1 Å². The maximum atomic E-state index is 11.8. The molecule has 2 rings (SSSR count). The maximum absolute atomic E-state index is 11.8. The molecular formula is C19H29NO5. The highest BCUT2D eigenvalue weighted by molar-refractivity contribution is 5.71. The van der Waals surface area contributed by atoms with E-state index in [1.807, 2.05) is 45.0 Å². The van der Waals surface area contributed by atoms with Crippen molar-refractivity contribution in [1.29, 1.82) is 0 Å². The van der Waals surface area contributed by atoms with Crippen molar-refractivity contribution in [3.05, 3.63) is 29.8 Å². The smallest absolute Gasteiger partial charge is 0.344 e. The summed E-state index contributed by atoms with van der Waals surface area (Å²) in [7, 11) is 0. The fourth-order valence-electron chi connectivity index (χ4n) is 2.90. The summed E-state index contributed by atoms with van der Waals surface area (Å²) in [5.41, 5.74) is 0.544. The lowest BCUT2D eigenvalue weighted by molar-refractivity contribution is -0.157. The van der Waals surface area contributed by atoms with E-state index in [9.17, 15) is 9.90 Å². The Morgan fingerprint density at radius 1 is 1.32 bits per heavy atom. The summed E-state index contributed by atoms with van der Waals surface area (Å²) in [6.07, 6.45) is 0.648. The van der Waals surface area contributed by atoms with E-state index in [0.29, 0.717) is 25.4 Å². The van der Waals surface area contributed by atoms with Crippen LogP contribution in [-0.4, -0.2) is 61.1 Å². The Hall–Kier alpha value is -1.63. The van der Waals surface area contributed by atoms with Gasteiger partial charge in [-0.15, -0.1) is 0 Å². The number of benzene rings is 1. The van der Waals surface area contributed by atoms with Gasteiger partial charge in [0.1, 0.15) is 11.4 Å². The van der Waals surface area contributed by atoms with Crippen molar-refractivity contribution in [3.63, 3.8) is 0 Å². The van der Waals surface area contributed by atoms with Crippen LogP contribution >= 0.6 is 0 Å². The van der Waals surface area contributed by atoms with Crippen LogP contribution in [0.4, 0.5) is 0 Å². The van der Waals surface area contributed by atoms with Crippen molar-refractivity contribution in [2.24, 2.45) is 0 Å². The van der Waals surface area contributed by atoms with Crippen LogP contribution in [0, 0.1) is 0 Å².